The van der Waals surface area contributed by atoms with Crippen LogP contribution >= 0.6 is 0 Å². The van der Waals surface area contributed by atoms with Crippen LogP contribution < -0.4 is 5.32 Å². The first-order valence-corrected chi connectivity index (χ1v) is 8.08. The van der Waals surface area contributed by atoms with Crippen molar-refractivity contribution in [2.24, 2.45) is 5.92 Å². The Morgan fingerprint density at radius 1 is 1.29 bits per heavy atom. The normalized spacial score (nSPS) is 20.0. The largest absolute Gasteiger partial charge is 0.316 e. The first kappa shape index (κ1) is 16.3. The van der Waals surface area contributed by atoms with E-state index in [0.29, 0.717) is 18.7 Å². The predicted molar refractivity (Wildman–Crippen MR) is 71.7 cm³/mol. The molecular weight excluding hydrogens is 305 g/mol. The molecule has 0 bridgehead atoms. The van der Waals surface area contributed by atoms with E-state index in [4.69, 9.17) is 0 Å². The summed E-state index contributed by atoms with van der Waals surface area (Å²) in [7, 11) is -3.06. The summed E-state index contributed by atoms with van der Waals surface area (Å²) in [4.78, 5) is -1.10. The number of piperidine rings is 1. The molecule has 1 fully saturated rings. The highest BCUT2D eigenvalue weighted by Gasteiger charge is 2.30. The SMILES string of the molecule is CN(CC1CCCNC1)S(=O)(=O)c1c(F)cc(F)cc1F. The van der Waals surface area contributed by atoms with Gasteiger partial charge in [-0.1, -0.05) is 0 Å². The quantitative estimate of drug-likeness (QED) is 0.918. The molecular formula is C13H17F3N2O2S. The number of nitrogens with one attached hydrogen (secondary N) is 1. The van der Waals surface area contributed by atoms with Crippen LogP contribution in [0.2, 0.25) is 0 Å². The molecule has 1 saturated heterocycles. The van der Waals surface area contributed by atoms with Gasteiger partial charge in [-0.2, -0.15) is 0 Å². The van der Waals surface area contributed by atoms with Crippen LogP contribution in [-0.4, -0.2) is 39.4 Å². The lowest BCUT2D eigenvalue weighted by Gasteiger charge is -2.27. The molecule has 2 rings (SSSR count). The molecule has 0 saturated carbocycles. The van der Waals surface area contributed by atoms with Crippen molar-refractivity contribution in [1.82, 2.24) is 9.62 Å². The van der Waals surface area contributed by atoms with E-state index in [1.54, 1.807) is 0 Å². The van der Waals surface area contributed by atoms with Gasteiger partial charge in [-0.25, -0.2) is 25.9 Å². The van der Waals surface area contributed by atoms with Crippen LogP contribution in [0.25, 0.3) is 0 Å². The van der Waals surface area contributed by atoms with Gasteiger partial charge in [-0.15, -0.1) is 0 Å². The molecule has 1 heterocycles. The molecule has 1 atom stereocenters. The molecule has 0 aliphatic carbocycles. The minimum atomic E-state index is -4.33. The van der Waals surface area contributed by atoms with E-state index in [1.165, 1.54) is 7.05 Å². The van der Waals surface area contributed by atoms with Gasteiger partial charge in [0.2, 0.25) is 10.0 Å². The minimum Gasteiger partial charge on any atom is -0.316 e. The maximum atomic E-state index is 13.6. The number of halogens is 3. The highest BCUT2D eigenvalue weighted by atomic mass is 32.2. The van der Waals surface area contributed by atoms with E-state index in [-0.39, 0.29) is 12.5 Å². The van der Waals surface area contributed by atoms with Crippen LogP contribution in [0.5, 0.6) is 0 Å². The van der Waals surface area contributed by atoms with Crippen molar-refractivity contribution in [3.8, 4) is 0 Å². The van der Waals surface area contributed by atoms with Crippen LogP contribution in [0.4, 0.5) is 13.2 Å². The van der Waals surface area contributed by atoms with Crippen LogP contribution in [0.3, 0.4) is 0 Å². The molecule has 0 amide bonds. The zero-order chi connectivity index (χ0) is 15.6. The van der Waals surface area contributed by atoms with Crippen molar-refractivity contribution in [2.75, 3.05) is 26.7 Å². The van der Waals surface area contributed by atoms with Crippen molar-refractivity contribution < 1.29 is 21.6 Å². The van der Waals surface area contributed by atoms with Gasteiger partial charge in [0, 0.05) is 25.7 Å². The third-order valence-electron chi connectivity index (χ3n) is 3.55. The van der Waals surface area contributed by atoms with E-state index >= 15 is 0 Å². The topological polar surface area (TPSA) is 49.4 Å². The minimum absolute atomic E-state index is 0.0881. The summed E-state index contributed by atoms with van der Waals surface area (Å²) in [5, 5.41) is 3.14. The number of hydrogen-bond donors (Lipinski definition) is 1. The van der Waals surface area contributed by atoms with Crippen LogP contribution in [0.15, 0.2) is 17.0 Å². The Morgan fingerprint density at radius 2 is 1.90 bits per heavy atom. The van der Waals surface area contributed by atoms with Gasteiger partial charge in [0.25, 0.3) is 0 Å². The van der Waals surface area contributed by atoms with E-state index in [9.17, 15) is 21.6 Å². The first-order valence-electron chi connectivity index (χ1n) is 6.64. The molecule has 8 heteroatoms. The van der Waals surface area contributed by atoms with Gasteiger partial charge < -0.3 is 5.32 Å². The highest BCUT2D eigenvalue weighted by molar-refractivity contribution is 7.89. The Labute approximate surface area is 122 Å². The lowest BCUT2D eigenvalue weighted by Crippen LogP contribution is -2.39. The Morgan fingerprint density at radius 3 is 2.43 bits per heavy atom. The van der Waals surface area contributed by atoms with Gasteiger partial charge in [0.05, 0.1) is 0 Å². The maximum absolute atomic E-state index is 13.6. The number of hydrogen-bond acceptors (Lipinski definition) is 3. The maximum Gasteiger partial charge on any atom is 0.248 e. The van der Waals surface area contributed by atoms with Crippen LogP contribution in [-0.2, 0) is 10.0 Å². The summed E-state index contributed by atoms with van der Waals surface area (Å²) in [5.74, 6) is -3.89. The van der Waals surface area contributed by atoms with Crippen LogP contribution in [0, 0.1) is 23.4 Å². The van der Waals surface area contributed by atoms with Crippen molar-refractivity contribution >= 4 is 10.0 Å². The summed E-state index contributed by atoms with van der Waals surface area (Å²) in [5.41, 5.74) is 0. The molecule has 1 unspecified atom stereocenters. The molecule has 1 aliphatic rings. The third-order valence-corrected chi connectivity index (χ3v) is 5.42. The summed E-state index contributed by atoms with van der Waals surface area (Å²) >= 11 is 0. The molecule has 1 aromatic carbocycles. The Kier molecular flexibility index (Phi) is 4.90. The van der Waals surface area contributed by atoms with Crippen molar-refractivity contribution in [1.29, 1.82) is 0 Å². The van der Waals surface area contributed by atoms with E-state index in [1.807, 2.05) is 0 Å². The fourth-order valence-electron chi connectivity index (χ4n) is 2.47. The summed E-state index contributed by atoms with van der Waals surface area (Å²) in [6, 6.07) is 0.734. The van der Waals surface area contributed by atoms with Gasteiger partial charge in [0.15, 0.2) is 4.90 Å². The first-order chi connectivity index (χ1) is 9.82. The monoisotopic (exact) mass is 322 g/mol. The van der Waals surface area contributed by atoms with Crippen molar-refractivity contribution in [3.63, 3.8) is 0 Å². The number of sulfonamides is 1. The molecule has 0 aromatic heterocycles. The predicted octanol–water partition coefficient (Wildman–Crippen LogP) is 1.72. The average molecular weight is 322 g/mol. The second kappa shape index (κ2) is 6.33. The fourth-order valence-corrected chi connectivity index (χ4v) is 3.80. The van der Waals surface area contributed by atoms with Gasteiger partial charge in [0.1, 0.15) is 17.5 Å². The standard InChI is InChI=1S/C13H17F3N2O2S/c1-18(8-9-3-2-4-17-7-9)21(19,20)13-11(15)5-10(14)6-12(13)16/h5-6,9,17H,2-4,7-8H2,1H3. The Bertz CT molecular complexity index is 593. The highest BCUT2D eigenvalue weighted by Crippen LogP contribution is 2.24. The molecule has 21 heavy (non-hydrogen) atoms. The molecule has 1 N–H and O–H groups in total. The molecule has 1 aromatic rings. The van der Waals surface area contributed by atoms with Crippen LogP contribution in [0.1, 0.15) is 12.8 Å². The van der Waals surface area contributed by atoms with E-state index < -0.39 is 32.4 Å². The number of nitrogens with zero attached hydrogens (tertiary/aromatic N) is 1. The molecule has 118 valence electrons. The molecule has 0 radical (unpaired) electrons. The van der Waals surface area contributed by atoms with E-state index in [2.05, 4.69) is 5.32 Å². The van der Waals surface area contributed by atoms with Gasteiger partial charge >= 0.3 is 0 Å². The van der Waals surface area contributed by atoms with Gasteiger partial charge in [-0.3, -0.25) is 0 Å². The molecule has 4 nitrogen and oxygen atoms in total. The Balaban J connectivity index is 2.24. The molecule has 0 spiro atoms. The zero-order valence-electron chi connectivity index (χ0n) is 11.6. The smallest absolute Gasteiger partial charge is 0.248 e. The summed E-state index contributed by atoms with van der Waals surface area (Å²) in [6.07, 6.45) is 1.78. The molecule has 1 aliphatic heterocycles. The fraction of sp³-hybridized carbons (Fsp3) is 0.538. The van der Waals surface area contributed by atoms with E-state index in [0.717, 1.165) is 23.7 Å². The number of rotatable bonds is 4. The van der Waals surface area contributed by atoms with Gasteiger partial charge in [-0.05, 0) is 31.8 Å². The second-order valence-corrected chi connectivity index (χ2v) is 7.18. The third kappa shape index (κ3) is 3.56. The van der Waals surface area contributed by atoms with Crippen molar-refractivity contribution in [2.45, 2.75) is 17.7 Å². The Hall–Kier alpha value is -1.12. The van der Waals surface area contributed by atoms with Crippen molar-refractivity contribution in [3.05, 3.63) is 29.6 Å². The lowest BCUT2D eigenvalue weighted by atomic mass is 10.00. The zero-order valence-corrected chi connectivity index (χ0v) is 12.4. The number of benzene rings is 1. The second-order valence-electron chi connectivity index (χ2n) is 5.20. The summed E-state index contributed by atoms with van der Waals surface area (Å²) in [6.45, 7) is 1.70. The average Bonchev–Trinajstić information content (AvgIpc) is 2.38. The summed E-state index contributed by atoms with van der Waals surface area (Å²) < 4.78 is 65.6. The lowest BCUT2D eigenvalue weighted by molar-refractivity contribution is 0.313.